The molecule has 0 heterocycles. The molecule has 168 valence electrons. The van der Waals surface area contributed by atoms with Gasteiger partial charge in [0.1, 0.15) is 6.61 Å². The van der Waals surface area contributed by atoms with Crippen LogP contribution >= 0.6 is 0 Å². The summed E-state index contributed by atoms with van der Waals surface area (Å²) in [6.07, 6.45) is -0.150. The first kappa shape index (κ1) is 24.4. The second kappa shape index (κ2) is 11.0. The largest absolute Gasteiger partial charge is 0.443 e. The van der Waals surface area contributed by atoms with Gasteiger partial charge in [-0.2, -0.15) is 0 Å². The highest BCUT2D eigenvalue weighted by Gasteiger charge is 2.24. The van der Waals surface area contributed by atoms with E-state index in [0.717, 1.165) is 16.7 Å². The minimum atomic E-state index is -0.696. The number of aryl methyl sites for hydroxylation is 2. The number of hydrogen-bond donors (Lipinski definition) is 2. The highest BCUT2D eigenvalue weighted by molar-refractivity contribution is 5.95. The first-order chi connectivity index (χ1) is 14.6. The summed E-state index contributed by atoms with van der Waals surface area (Å²) >= 11 is 0. The van der Waals surface area contributed by atoms with Crippen LogP contribution in [0.5, 0.6) is 0 Å². The van der Waals surface area contributed by atoms with Crippen molar-refractivity contribution in [3.63, 3.8) is 0 Å². The fraction of sp³-hybridized carbons (Fsp3) is 0.440. The molecular formula is C25H34N2O4. The van der Waals surface area contributed by atoms with Crippen LogP contribution in [0.15, 0.2) is 48.5 Å². The average molecular weight is 427 g/mol. The van der Waals surface area contributed by atoms with E-state index in [-0.39, 0.29) is 24.5 Å². The molecule has 2 aromatic carbocycles. The monoisotopic (exact) mass is 426 g/mol. The maximum absolute atomic E-state index is 13.1. The molecule has 0 aliphatic heterocycles. The second-order valence-corrected chi connectivity index (χ2v) is 9.03. The van der Waals surface area contributed by atoms with E-state index in [1.807, 2.05) is 71.0 Å². The molecule has 2 aromatic rings. The summed E-state index contributed by atoms with van der Waals surface area (Å²) in [6, 6.07) is 14.9. The van der Waals surface area contributed by atoms with Crippen molar-refractivity contribution in [3.8, 4) is 0 Å². The molecule has 0 aromatic heterocycles. The number of ether oxygens (including phenoxy) is 1. The molecular weight excluding hydrogens is 392 g/mol. The third-order valence-corrected chi connectivity index (χ3v) is 5.01. The number of hydrazine groups is 1. The number of hydrogen-bond acceptors (Lipinski definition) is 4. The standard InChI is InChI=1S/C25H34N2O4/c1-18-14-19(2)16-21(15-18)23(29)27(13-9-12-22(28)25(3,4)5)26-24(30)31-17-20-10-7-6-8-11-20/h6-8,10-11,14-16,22,28H,9,12-13,17H2,1-5H3,(H,26,30). The smallest absolute Gasteiger partial charge is 0.426 e. The second-order valence-electron chi connectivity index (χ2n) is 9.03. The Bertz CT molecular complexity index is 855. The average Bonchev–Trinajstić information content (AvgIpc) is 2.70. The van der Waals surface area contributed by atoms with Gasteiger partial charge in [-0.15, -0.1) is 0 Å². The van der Waals surface area contributed by atoms with E-state index in [1.54, 1.807) is 12.1 Å². The SMILES string of the molecule is Cc1cc(C)cc(C(=O)N(CCCC(O)C(C)(C)C)NC(=O)OCc2ccccc2)c1. The molecule has 1 atom stereocenters. The van der Waals surface area contributed by atoms with Gasteiger partial charge in [0.25, 0.3) is 5.91 Å². The van der Waals surface area contributed by atoms with Crippen molar-refractivity contribution in [1.29, 1.82) is 0 Å². The fourth-order valence-corrected chi connectivity index (χ4v) is 3.20. The lowest BCUT2D eigenvalue weighted by Crippen LogP contribution is -2.47. The van der Waals surface area contributed by atoms with Crippen LogP contribution in [0.4, 0.5) is 4.79 Å². The van der Waals surface area contributed by atoms with Crippen molar-refractivity contribution in [2.45, 2.75) is 60.2 Å². The third kappa shape index (κ3) is 8.06. The van der Waals surface area contributed by atoms with Gasteiger partial charge in [0.05, 0.1) is 6.10 Å². The van der Waals surface area contributed by atoms with Gasteiger partial charge in [-0.25, -0.2) is 15.2 Å². The number of amides is 2. The lowest BCUT2D eigenvalue weighted by molar-refractivity contribution is 0.0434. The summed E-state index contributed by atoms with van der Waals surface area (Å²) in [5.74, 6) is -0.311. The van der Waals surface area contributed by atoms with Gasteiger partial charge in [0.2, 0.25) is 0 Å². The Hall–Kier alpha value is -2.86. The van der Waals surface area contributed by atoms with Crippen molar-refractivity contribution in [3.05, 3.63) is 70.8 Å². The zero-order chi connectivity index (χ0) is 23.0. The van der Waals surface area contributed by atoms with E-state index >= 15 is 0 Å². The number of nitrogens with zero attached hydrogens (tertiary/aromatic N) is 1. The van der Waals surface area contributed by atoms with Crippen LogP contribution in [0.2, 0.25) is 0 Å². The zero-order valence-corrected chi connectivity index (χ0v) is 19.1. The number of benzene rings is 2. The van der Waals surface area contributed by atoms with Gasteiger partial charge in [-0.1, -0.05) is 68.3 Å². The number of carbonyl (C=O) groups is 2. The summed E-state index contributed by atoms with van der Waals surface area (Å²) in [5, 5.41) is 11.6. The molecule has 0 saturated heterocycles. The minimum absolute atomic E-state index is 0.112. The summed E-state index contributed by atoms with van der Waals surface area (Å²) in [5.41, 5.74) is 5.63. The van der Waals surface area contributed by atoms with Gasteiger partial charge in [-0.05, 0) is 49.8 Å². The van der Waals surface area contributed by atoms with Gasteiger partial charge in [-0.3, -0.25) is 4.79 Å². The van der Waals surface area contributed by atoms with Crippen molar-refractivity contribution < 1.29 is 19.4 Å². The quantitative estimate of drug-likeness (QED) is 0.625. The first-order valence-electron chi connectivity index (χ1n) is 10.6. The number of nitrogens with one attached hydrogen (secondary N) is 1. The number of carbonyl (C=O) groups excluding carboxylic acids is 2. The van der Waals surface area contributed by atoms with Crippen LogP contribution < -0.4 is 5.43 Å². The van der Waals surface area contributed by atoms with Crippen LogP contribution in [0.1, 0.15) is 60.7 Å². The summed E-state index contributed by atoms with van der Waals surface area (Å²) in [4.78, 5) is 25.5. The normalized spacial score (nSPS) is 12.2. The van der Waals surface area contributed by atoms with Crippen LogP contribution in [-0.4, -0.2) is 34.8 Å². The van der Waals surface area contributed by atoms with E-state index in [1.165, 1.54) is 5.01 Å². The maximum atomic E-state index is 13.1. The molecule has 0 aliphatic rings. The van der Waals surface area contributed by atoms with Crippen LogP contribution in [0, 0.1) is 19.3 Å². The third-order valence-electron chi connectivity index (χ3n) is 5.01. The fourth-order valence-electron chi connectivity index (χ4n) is 3.20. The van der Waals surface area contributed by atoms with E-state index < -0.39 is 12.2 Å². The predicted molar refractivity (Wildman–Crippen MR) is 121 cm³/mol. The number of rotatable bonds is 7. The Morgan fingerprint density at radius 3 is 2.26 bits per heavy atom. The minimum Gasteiger partial charge on any atom is -0.443 e. The van der Waals surface area contributed by atoms with Crippen molar-refractivity contribution in [1.82, 2.24) is 10.4 Å². The van der Waals surface area contributed by atoms with Gasteiger partial charge < -0.3 is 9.84 Å². The molecule has 0 saturated carbocycles. The van der Waals surface area contributed by atoms with Crippen molar-refractivity contribution >= 4 is 12.0 Å². The maximum Gasteiger partial charge on any atom is 0.426 e. The summed E-state index contributed by atoms with van der Waals surface area (Å²) in [7, 11) is 0. The molecule has 0 aliphatic carbocycles. The molecule has 0 fully saturated rings. The Labute approximate surface area is 185 Å². The summed E-state index contributed by atoms with van der Waals surface area (Å²) in [6.45, 7) is 10.1. The molecule has 0 spiro atoms. The van der Waals surface area contributed by atoms with Crippen LogP contribution in [0.3, 0.4) is 0 Å². The molecule has 6 nitrogen and oxygen atoms in total. The highest BCUT2D eigenvalue weighted by atomic mass is 16.6. The number of aliphatic hydroxyl groups is 1. The van der Waals surface area contributed by atoms with E-state index in [0.29, 0.717) is 18.4 Å². The Kier molecular flexibility index (Phi) is 8.63. The van der Waals surface area contributed by atoms with Gasteiger partial charge in [0, 0.05) is 12.1 Å². The molecule has 2 N–H and O–H groups in total. The van der Waals surface area contributed by atoms with Crippen LogP contribution in [-0.2, 0) is 11.3 Å². The van der Waals surface area contributed by atoms with E-state index in [4.69, 9.17) is 4.74 Å². The molecule has 0 radical (unpaired) electrons. The number of aliphatic hydroxyl groups excluding tert-OH is 1. The topological polar surface area (TPSA) is 78.9 Å². The molecule has 2 amide bonds. The Balaban J connectivity index is 2.06. The first-order valence-corrected chi connectivity index (χ1v) is 10.6. The molecule has 31 heavy (non-hydrogen) atoms. The molecule has 1 unspecified atom stereocenters. The van der Waals surface area contributed by atoms with E-state index in [2.05, 4.69) is 5.43 Å². The lowest BCUT2D eigenvalue weighted by atomic mass is 9.86. The van der Waals surface area contributed by atoms with Crippen molar-refractivity contribution in [2.24, 2.45) is 5.41 Å². The van der Waals surface area contributed by atoms with Gasteiger partial charge in [0.15, 0.2) is 0 Å². The Morgan fingerprint density at radius 1 is 1.06 bits per heavy atom. The summed E-state index contributed by atoms with van der Waals surface area (Å²) < 4.78 is 5.28. The van der Waals surface area contributed by atoms with E-state index in [9.17, 15) is 14.7 Å². The van der Waals surface area contributed by atoms with Crippen LogP contribution in [0.25, 0.3) is 0 Å². The zero-order valence-electron chi connectivity index (χ0n) is 19.1. The van der Waals surface area contributed by atoms with Gasteiger partial charge >= 0.3 is 6.09 Å². The highest BCUT2D eigenvalue weighted by Crippen LogP contribution is 2.22. The predicted octanol–water partition coefficient (Wildman–Crippen LogP) is 4.77. The molecule has 2 rings (SSSR count). The molecule has 6 heteroatoms. The molecule has 0 bridgehead atoms. The lowest BCUT2D eigenvalue weighted by Gasteiger charge is -2.28. The Morgan fingerprint density at radius 2 is 1.68 bits per heavy atom. The van der Waals surface area contributed by atoms with Crippen molar-refractivity contribution in [2.75, 3.05) is 6.54 Å².